The minimum absolute atomic E-state index is 0.169. The first-order chi connectivity index (χ1) is 11.4. The van der Waals surface area contributed by atoms with Gasteiger partial charge in [0.05, 0.1) is 0 Å². The standard InChI is InChI=1S/C22H20F2/c1-14-10-17(13-18-5-8-21(23)15(2)11-18)4-7-20(14)19-6-9-22(24)16(3)12-19/h4-12H,13H2,1-3H3. The molecule has 0 aliphatic carbocycles. The van der Waals surface area contributed by atoms with Gasteiger partial charge in [0.2, 0.25) is 0 Å². The van der Waals surface area contributed by atoms with E-state index in [1.54, 1.807) is 13.8 Å². The van der Waals surface area contributed by atoms with Crippen LogP contribution in [0.25, 0.3) is 11.1 Å². The molecule has 0 saturated carbocycles. The quantitative estimate of drug-likeness (QED) is 0.542. The highest BCUT2D eigenvalue weighted by molar-refractivity contribution is 5.68. The maximum Gasteiger partial charge on any atom is 0.126 e. The molecular formula is C22H20F2. The highest BCUT2D eigenvalue weighted by Gasteiger charge is 2.07. The van der Waals surface area contributed by atoms with Crippen LogP contribution in [0.3, 0.4) is 0 Å². The molecular weight excluding hydrogens is 302 g/mol. The number of hydrogen-bond donors (Lipinski definition) is 0. The first-order valence-corrected chi connectivity index (χ1v) is 8.05. The molecule has 24 heavy (non-hydrogen) atoms. The van der Waals surface area contributed by atoms with Gasteiger partial charge in [0.1, 0.15) is 11.6 Å². The maximum absolute atomic E-state index is 13.5. The molecule has 0 N–H and O–H groups in total. The van der Waals surface area contributed by atoms with Gasteiger partial charge >= 0.3 is 0 Å². The van der Waals surface area contributed by atoms with E-state index in [0.717, 1.165) is 28.7 Å². The third kappa shape index (κ3) is 3.38. The van der Waals surface area contributed by atoms with Gasteiger partial charge in [0.15, 0.2) is 0 Å². The predicted molar refractivity (Wildman–Crippen MR) is 95.3 cm³/mol. The second kappa shape index (κ2) is 6.56. The Balaban J connectivity index is 1.89. The van der Waals surface area contributed by atoms with E-state index in [0.29, 0.717) is 11.1 Å². The van der Waals surface area contributed by atoms with Gasteiger partial charge in [-0.15, -0.1) is 0 Å². The predicted octanol–water partition coefficient (Wildman–Crippen LogP) is 6.15. The van der Waals surface area contributed by atoms with Crippen LogP contribution in [0, 0.1) is 32.4 Å². The average Bonchev–Trinajstić information content (AvgIpc) is 2.54. The topological polar surface area (TPSA) is 0 Å². The SMILES string of the molecule is Cc1cc(Cc2ccc(-c3ccc(F)c(C)c3)c(C)c2)ccc1F. The highest BCUT2D eigenvalue weighted by Crippen LogP contribution is 2.27. The summed E-state index contributed by atoms with van der Waals surface area (Å²) < 4.78 is 26.8. The molecule has 2 heteroatoms. The van der Waals surface area contributed by atoms with Crippen molar-refractivity contribution in [1.82, 2.24) is 0 Å². The summed E-state index contributed by atoms with van der Waals surface area (Å²) >= 11 is 0. The van der Waals surface area contributed by atoms with Gasteiger partial charge in [-0.1, -0.05) is 36.4 Å². The van der Waals surface area contributed by atoms with Crippen LogP contribution in [0.1, 0.15) is 27.8 Å². The zero-order valence-electron chi connectivity index (χ0n) is 14.2. The minimum Gasteiger partial charge on any atom is -0.207 e. The Hall–Kier alpha value is -2.48. The van der Waals surface area contributed by atoms with Gasteiger partial charge < -0.3 is 0 Å². The van der Waals surface area contributed by atoms with E-state index >= 15 is 0 Å². The zero-order valence-corrected chi connectivity index (χ0v) is 14.2. The van der Waals surface area contributed by atoms with Crippen molar-refractivity contribution in [3.05, 3.63) is 94.0 Å². The third-order valence-electron chi connectivity index (χ3n) is 4.39. The number of benzene rings is 3. The second-order valence-electron chi connectivity index (χ2n) is 6.37. The molecule has 0 aromatic heterocycles. The van der Waals surface area contributed by atoms with Crippen LogP contribution in [0.15, 0.2) is 54.6 Å². The lowest BCUT2D eigenvalue weighted by Crippen LogP contribution is -1.93. The fraction of sp³-hybridized carbons (Fsp3) is 0.182. The van der Waals surface area contributed by atoms with Crippen LogP contribution < -0.4 is 0 Å². The van der Waals surface area contributed by atoms with Gasteiger partial charge in [-0.2, -0.15) is 0 Å². The molecule has 0 radical (unpaired) electrons. The van der Waals surface area contributed by atoms with Gasteiger partial charge in [-0.25, -0.2) is 8.78 Å². The fourth-order valence-electron chi connectivity index (χ4n) is 3.02. The van der Waals surface area contributed by atoms with Gasteiger partial charge in [-0.05, 0) is 84.3 Å². The number of aryl methyl sites for hydroxylation is 3. The van der Waals surface area contributed by atoms with Crippen LogP contribution in [-0.4, -0.2) is 0 Å². The summed E-state index contributed by atoms with van der Waals surface area (Å²) in [5, 5.41) is 0. The lowest BCUT2D eigenvalue weighted by atomic mass is 9.95. The van der Waals surface area contributed by atoms with Gasteiger partial charge in [0, 0.05) is 0 Å². The summed E-state index contributed by atoms with van der Waals surface area (Å²) in [5.41, 5.74) is 6.88. The molecule has 3 rings (SSSR count). The Kier molecular flexibility index (Phi) is 4.48. The summed E-state index contributed by atoms with van der Waals surface area (Å²) in [4.78, 5) is 0. The lowest BCUT2D eigenvalue weighted by Gasteiger charge is -2.11. The summed E-state index contributed by atoms with van der Waals surface area (Å²) in [6, 6.07) is 16.7. The van der Waals surface area contributed by atoms with E-state index in [9.17, 15) is 8.78 Å². The van der Waals surface area contributed by atoms with Crippen LogP contribution in [0.2, 0.25) is 0 Å². The van der Waals surface area contributed by atoms with Crippen LogP contribution >= 0.6 is 0 Å². The van der Waals surface area contributed by atoms with Crippen molar-refractivity contribution >= 4 is 0 Å². The molecule has 0 unspecified atom stereocenters. The largest absolute Gasteiger partial charge is 0.207 e. The number of rotatable bonds is 3. The second-order valence-corrected chi connectivity index (χ2v) is 6.37. The summed E-state index contributed by atoms with van der Waals surface area (Å²) in [6.45, 7) is 5.62. The molecule has 0 heterocycles. The minimum atomic E-state index is -0.181. The molecule has 0 atom stereocenters. The number of hydrogen-bond acceptors (Lipinski definition) is 0. The Morgan fingerprint density at radius 1 is 0.625 bits per heavy atom. The molecule has 3 aromatic carbocycles. The molecule has 3 aromatic rings. The first kappa shape index (κ1) is 16.4. The lowest BCUT2D eigenvalue weighted by molar-refractivity contribution is 0.617. The molecule has 0 aliphatic heterocycles. The van der Waals surface area contributed by atoms with Crippen molar-refractivity contribution in [3.63, 3.8) is 0 Å². The maximum atomic E-state index is 13.5. The summed E-state index contributed by atoms with van der Waals surface area (Å²) in [6.07, 6.45) is 0.769. The summed E-state index contributed by atoms with van der Waals surface area (Å²) in [7, 11) is 0. The molecule has 0 amide bonds. The van der Waals surface area contributed by atoms with Crippen LogP contribution in [0.5, 0.6) is 0 Å². The van der Waals surface area contributed by atoms with Crippen molar-refractivity contribution in [2.24, 2.45) is 0 Å². The Morgan fingerprint density at radius 2 is 1.17 bits per heavy atom. The van der Waals surface area contributed by atoms with Crippen molar-refractivity contribution < 1.29 is 8.78 Å². The van der Waals surface area contributed by atoms with E-state index in [-0.39, 0.29) is 11.6 Å². The van der Waals surface area contributed by atoms with E-state index in [4.69, 9.17) is 0 Å². The van der Waals surface area contributed by atoms with E-state index in [1.807, 2.05) is 24.3 Å². The molecule has 122 valence electrons. The Morgan fingerprint density at radius 3 is 1.75 bits per heavy atom. The number of halogens is 2. The van der Waals surface area contributed by atoms with Gasteiger partial charge in [0.25, 0.3) is 0 Å². The molecule has 0 aliphatic rings. The Bertz CT molecular complexity index is 894. The summed E-state index contributed by atoms with van der Waals surface area (Å²) in [5.74, 6) is -0.350. The average molecular weight is 322 g/mol. The molecule has 0 fully saturated rings. The smallest absolute Gasteiger partial charge is 0.126 e. The highest BCUT2D eigenvalue weighted by atomic mass is 19.1. The van der Waals surface area contributed by atoms with Gasteiger partial charge in [-0.3, -0.25) is 0 Å². The molecule has 0 nitrogen and oxygen atoms in total. The van der Waals surface area contributed by atoms with E-state index in [1.165, 1.54) is 17.7 Å². The normalized spacial score (nSPS) is 10.9. The van der Waals surface area contributed by atoms with Crippen LogP contribution in [-0.2, 0) is 6.42 Å². The zero-order chi connectivity index (χ0) is 17.3. The Labute approximate surface area is 141 Å². The first-order valence-electron chi connectivity index (χ1n) is 8.05. The third-order valence-corrected chi connectivity index (χ3v) is 4.39. The van der Waals surface area contributed by atoms with Crippen molar-refractivity contribution in [1.29, 1.82) is 0 Å². The molecule has 0 bridgehead atoms. The van der Waals surface area contributed by atoms with Crippen LogP contribution in [0.4, 0.5) is 8.78 Å². The monoisotopic (exact) mass is 322 g/mol. The van der Waals surface area contributed by atoms with Crippen molar-refractivity contribution in [3.8, 4) is 11.1 Å². The van der Waals surface area contributed by atoms with E-state index < -0.39 is 0 Å². The van der Waals surface area contributed by atoms with Crippen molar-refractivity contribution in [2.75, 3.05) is 0 Å². The van der Waals surface area contributed by atoms with E-state index in [2.05, 4.69) is 25.1 Å². The van der Waals surface area contributed by atoms with Crippen molar-refractivity contribution in [2.45, 2.75) is 27.2 Å². The molecule has 0 spiro atoms. The fourth-order valence-corrected chi connectivity index (χ4v) is 3.02. The molecule has 0 saturated heterocycles.